The van der Waals surface area contributed by atoms with Gasteiger partial charge in [-0.15, -0.1) is 0 Å². The van der Waals surface area contributed by atoms with Crippen molar-refractivity contribution >= 4 is 5.96 Å². The first-order chi connectivity index (χ1) is 6.22. The summed E-state index contributed by atoms with van der Waals surface area (Å²) >= 11 is 0. The maximum Gasteiger partial charge on any atom is 0.212 e. The molecule has 0 aromatic heterocycles. The van der Waals surface area contributed by atoms with Gasteiger partial charge in [-0.3, -0.25) is 5.21 Å². The Morgan fingerprint density at radius 1 is 1.85 bits per heavy atom. The van der Waals surface area contributed by atoms with Crippen LogP contribution in [0.3, 0.4) is 0 Å². The quantitative estimate of drug-likeness (QED) is 0.304. The van der Waals surface area contributed by atoms with Gasteiger partial charge in [-0.25, -0.2) is 10.5 Å². The van der Waals surface area contributed by atoms with E-state index in [-0.39, 0.29) is 11.6 Å². The van der Waals surface area contributed by atoms with Crippen molar-refractivity contribution in [3.63, 3.8) is 0 Å². The third kappa shape index (κ3) is 2.55. The third-order valence-corrected chi connectivity index (χ3v) is 2.15. The summed E-state index contributed by atoms with van der Waals surface area (Å²) in [5.74, 6) is -0.0108. The second-order valence-corrected chi connectivity index (χ2v) is 3.00. The Bertz CT molecular complexity index is 189. The number of hydrogen-bond donors (Lipinski definition) is 3. The highest BCUT2D eigenvalue weighted by molar-refractivity contribution is 5.76. The monoisotopic (exact) mass is 189 g/mol. The van der Waals surface area contributed by atoms with Crippen molar-refractivity contribution in [3.05, 3.63) is 0 Å². The largest absolute Gasteiger partial charge is 0.378 e. The Kier molecular flexibility index (Phi) is 3.47. The number of rotatable bonds is 3. The highest BCUT2D eigenvalue weighted by Crippen LogP contribution is 2.22. The predicted octanol–water partition coefficient (Wildman–Crippen LogP) is -0.915. The summed E-state index contributed by atoms with van der Waals surface area (Å²) in [5, 5.41) is 8.39. The number of nitrogens with one attached hydrogen (secondary N) is 1. The van der Waals surface area contributed by atoms with E-state index in [1.54, 1.807) is 12.6 Å². The van der Waals surface area contributed by atoms with Gasteiger partial charge in [0.25, 0.3) is 0 Å². The topological polar surface area (TPSA) is 89.1 Å². The minimum absolute atomic E-state index is 0.0108. The number of nitrogens with zero attached hydrogens (tertiary/aromatic N) is 1. The molecule has 0 saturated carbocycles. The van der Waals surface area contributed by atoms with Crippen molar-refractivity contribution in [2.45, 2.75) is 12.0 Å². The minimum atomic E-state index is -0.374. The van der Waals surface area contributed by atoms with Crippen molar-refractivity contribution in [1.82, 2.24) is 5.48 Å². The average Bonchev–Trinajstić information content (AvgIpc) is 2.63. The fourth-order valence-electron chi connectivity index (χ4n) is 1.20. The van der Waals surface area contributed by atoms with E-state index in [0.717, 1.165) is 6.42 Å². The Morgan fingerprint density at radius 2 is 2.62 bits per heavy atom. The van der Waals surface area contributed by atoms with E-state index in [1.807, 2.05) is 0 Å². The van der Waals surface area contributed by atoms with Gasteiger partial charge in [0.2, 0.25) is 5.96 Å². The van der Waals surface area contributed by atoms with Crippen LogP contribution in [0.5, 0.6) is 0 Å². The molecule has 1 aliphatic heterocycles. The molecule has 6 heteroatoms. The van der Waals surface area contributed by atoms with Crippen molar-refractivity contribution in [3.8, 4) is 0 Å². The summed E-state index contributed by atoms with van der Waals surface area (Å²) in [4.78, 5) is 3.90. The summed E-state index contributed by atoms with van der Waals surface area (Å²) in [6.07, 6.45) is 0.797. The molecule has 0 aliphatic carbocycles. The zero-order chi connectivity index (χ0) is 9.73. The van der Waals surface area contributed by atoms with Gasteiger partial charge in [0, 0.05) is 20.1 Å². The minimum Gasteiger partial charge on any atom is -0.378 e. The van der Waals surface area contributed by atoms with Crippen molar-refractivity contribution in [1.29, 1.82) is 0 Å². The van der Waals surface area contributed by atoms with Crippen molar-refractivity contribution in [2.75, 3.05) is 26.9 Å². The van der Waals surface area contributed by atoms with Crippen molar-refractivity contribution in [2.24, 2.45) is 10.7 Å². The van der Waals surface area contributed by atoms with Crippen LogP contribution < -0.4 is 11.2 Å². The number of hydrogen-bond acceptors (Lipinski definition) is 4. The molecule has 6 nitrogen and oxygen atoms in total. The number of hydroxylamine groups is 1. The summed E-state index contributed by atoms with van der Waals surface area (Å²) in [7, 11) is 1.62. The van der Waals surface area contributed by atoms with Gasteiger partial charge in [-0.05, 0) is 0 Å². The molecule has 1 unspecified atom stereocenters. The van der Waals surface area contributed by atoms with Gasteiger partial charge in [-0.2, -0.15) is 0 Å². The van der Waals surface area contributed by atoms with Crippen LogP contribution in [0.1, 0.15) is 6.42 Å². The Balaban J connectivity index is 2.48. The molecular formula is C7H15N3O3. The molecule has 0 spiro atoms. The van der Waals surface area contributed by atoms with Crippen LogP contribution in [0, 0.1) is 0 Å². The van der Waals surface area contributed by atoms with Crippen LogP contribution in [-0.4, -0.2) is 43.6 Å². The molecule has 0 aromatic carbocycles. The van der Waals surface area contributed by atoms with Crippen LogP contribution >= 0.6 is 0 Å². The summed E-state index contributed by atoms with van der Waals surface area (Å²) in [5.41, 5.74) is 6.65. The van der Waals surface area contributed by atoms with Gasteiger partial charge >= 0.3 is 0 Å². The maximum absolute atomic E-state index is 8.39. The number of guanidine groups is 1. The third-order valence-electron chi connectivity index (χ3n) is 2.15. The molecular weight excluding hydrogens is 174 g/mol. The predicted molar refractivity (Wildman–Crippen MR) is 46.6 cm³/mol. The number of ether oxygens (including phenoxy) is 2. The van der Waals surface area contributed by atoms with E-state index in [4.69, 9.17) is 20.4 Å². The van der Waals surface area contributed by atoms with Crippen LogP contribution in [-0.2, 0) is 9.47 Å². The highest BCUT2D eigenvalue weighted by atomic mass is 16.5. The maximum atomic E-state index is 8.39. The van der Waals surface area contributed by atoms with E-state index in [0.29, 0.717) is 19.8 Å². The highest BCUT2D eigenvalue weighted by Gasteiger charge is 2.34. The van der Waals surface area contributed by atoms with E-state index in [2.05, 4.69) is 4.99 Å². The standard InChI is InChI=1S/C7H15N3O3/c1-12-7(2-3-13-5-7)4-9-6(8)10-11/h11H,2-5H2,1H3,(H3,8,9,10). The molecule has 0 aromatic rings. The number of nitrogens with two attached hydrogens (primary N) is 1. The lowest BCUT2D eigenvalue weighted by Gasteiger charge is -2.23. The Labute approximate surface area is 76.7 Å². The van der Waals surface area contributed by atoms with Gasteiger partial charge in [0.15, 0.2) is 0 Å². The van der Waals surface area contributed by atoms with Crippen LogP contribution in [0.4, 0.5) is 0 Å². The number of methoxy groups -OCH3 is 1. The zero-order valence-electron chi connectivity index (χ0n) is 7.62. The second-order valence-electron chi connectivity index (χ2n) is 3.00. The lowest BCUT2D eigenvalue weighted by molar-refractivity contribution is -0.00917. The molecule has 1 atom stereocenters. The molecule has 1 aliphatic rings. The first kappa shape index (κ1) is 10.2. The van der Waals surface area contributed by atoms with E-state index < -0.39 is 0 Å². The lowest BCUT2D eigenvalue weighted by Crippen LogP contribution is -2.38. The normalized spacial score (nSPS) is 29.2. The van der Waals surface area contributed by atoms with Crippen LogP contribution in [0.15, 0.2) is 4.99 Å². The van der Waals surface area contributed by atoms with Gasteiger partial charge < -0.3 is 15.2 Å². The van der Waals surface area contributed by atoms with Crippen LogP contribution in [0.2, 0.25) is 0 Å². The molecule has 1 fully saturated rings. The lowest BCUT2D eigenvalue weighted by atomic mass is 10.0. The molecule has 13 heavy (non-hydrogen) atoms. The first-order valence-electron chi connectivity index (χ1n) is 4.05. The molecule has 1 rings (SSSR count). The second kappa shape index (κ2) is 4.40. The Hall–Kier alpha value is -0.850. The molecule has 0 amide bonds. The van der Waals surface area contributed by atoms with Gasteiger partial charge in [0.1, 0.15) is 5.60 Å². The SMILES string of the molecule is COC1(CN=C(N)NO)CCOC1. The van der Waals surface area contributed by atoms with E-state index in [9.17, 15) is 0 Å². The zero-order valence-corrected chi connectivity index (χ0v) is 7.62. The Morgan fingerprint density at radius 3 is 3.08 bits per heavy atom. The summed E-state index contributed by atoms with van der Waals surface area (Å²) in [6, 6.07) is 0. The fourth-order valence-corrected chi connectivity index (χ4v) is 1.20. The molecule has 0 bridgehead atoms. The molecule has 1 saturated heterocycles. The van der Waals surface area contributed by atoms with Gasteiger partial charge in [0.05, 0.1) is 13.2 Å². The molecule has 76 valence electrons. The number of aliphatic imine (C=N–C) groups is 1. The molecule has 4 N–H and O–H groups in total. The van der Waals surface area contributed by atoms with Gasteiger partial charge in [-0.1, -0.05) is 0 Å². The molecule has 1 heterocycles. The first-order valence-corrected chi connectivity index (χ1v) is 4.05. The molecule has 0 radical (unpaired) electrons. The van der Waals surface area contributed by atoms with Crippen LogP contribution in [0.25, 0.3) is 0 Å². The van der Waals surface area contributed by atoms with E-state index in [1.165, 1.54) is 0 Å². The van der Waals surface area contributed by atoms with E-state index >= 15 is 0 Å². The summed E-state index contributed by atoms with van der Waals surface area (Å²) in [6.45, 7) is 1.59. The smallest absolute Gasteiger partial charge is 0.212 e. The fraction of sp³-hybridized carbons (Fsp3) is 0.857. The van der Waals surface area contributed by atoms with Crippen molar-refractivity contribution < 1.29 is 14.7 Å². The summed E-state index contributed by atoms with van der Waals surface area (Å²) < 4.78 is 10.5. The average molecular weight is 189 g/mol.